The van der Waals surface area contributed by atoms with Gasteiger partial charge in [0.1, 0.15) is 15.7 Å². The molecular formula is C19H27N3OS2. The summed E-state index contributed by atoms with van der Waals surface area (Å²) in [5.41, 5.74) is 1.24. The lowest BCUT2D eigenvalue weighted by atomic mass is 9.92. The van der Waals surface area contributed by atoms with Crippen molar-refractivity contribution in [3.63, 3.8) is 0 Å². The van der Waals surface area contributed by atoms with Gasteiger partial charge in [0, 0.05) is 23.4 Å². The van der Waals surface area contributed by atoms with Crippen molar-refractivity contribution in [1.29, 1.82) is 0 Å². The fourth-order valence-corrected chi connectivity index (χ4v) is 5.99. The first-order valence-corrected chi connectivity index (χ1v) is 10.7. The third-order valence-electron chi connectivity index (χ3n) is 4.92. The second-order valence-electron chi connectivity index (χ2n) is 7.49. The predicted molar refractivity (Wildman–Crippen MR) is 106 cm³/mol. The highest BCUT2D eigenvalue weighted by molar-refractivity contribution is 8.00. The number of carbonyl (C=O) groups is 1. The number of hydrogen-bond acceptors (Lipinski definition) is 5. The second-order valence-corrected chi connectivity index (χ2v) is 10.0. The lowest BCUT2D eigenvalue weighted by Gasteiger charge is -2.36. The summed E-state index contributed by atoms with van der Waals surface area (Å²) in [4.78, 5) is 26.6. The lowest BCUT2D eigenvalue weighted by Crippen LogP contribution is -2.45. The van der Waals surface area contributed by atoms with E-state index in [0.717, 1.165) is 34.2 Å². The van der Waals surface area contributed by atoms with Crippen LogP contribution >= 0.6 is 23.1 Å². The van der Waals surface area contributed by atoms with Crippen LogP contribution in [0.5, 0.6) is 0 Å². The van der Waals surface area contributed by atoms with Crippen molar-refractivity contribution in [2.24, 2.45) is 11.8 Å². The second kappa shape index (κ2) is 7.23. The maximum atomic E-state index is 13.0. The Bertz CT molecular complexity index is 792. The van der Waals surface area contributed by atoms with E-state index < -0.39 is 0 Å². The number of piperidine rings is 1. The van der Waals surface area contributed by atoms with Gasteiger partial charge in [-0.1, -0.05) is 25.6 Å². The van der Waals surface area contributed by atoms with Gasteiger partial charge in [0.25, 0.3) is 0 Å². The van der Waals surface area contributed by atoms with E-state index in [-0.39, 0.29) is 11.2 Å². The number of thiophene rings is 1. The SMILES string of the molecule is Cc1nc(S[C@H](C)C(=O)N2C[C@@H](C)C[C@H](C)C2)c2c(C)c(C)sc2n1. The average molecular weight is 378 g/mol. The van der Waals surface area contributed by atoms with E-state index in [1.165, 1.54) is 16.9 Å². The number of thioether (sulfide) groups is 1. The number of nitrogens with zero attached hydrogens (tertiary/aromatic N) is 3. The molecule has 0 spiro atoms. The molecular weight excluding hydrogens is 350 g/mol. The standard InChI is InChI=1S/C19H27N3OS2/c1-10-7-11(2)9-22(8-10)19(23)14(5)25-18-16-12(3)13(4)24-17(16)20-15(6)21-18/h10-11,14H,7-9H2,1-6H3/t10-,11-,14+/m0/s1. The van der Waals surface area contributed by atoms with Crippen molar-refractivity contribution in [2.45, 2.75) is 58.2 Å². The van der Waals surface area contributed by atoms with Crippen LogP contribution in [0.15, 0.2) is 5.03 Å². The summed E-state index contributed by atoms with van der Waals surface area (Å²) in [5.74, 6) is 2.17. The molecule has 2 aromatic heterocycles. The highest BCUT2D eigenvalue weighted by Crippen LogP contribution is 2.37. The largest absolute Gasteiger partial charge is 0.341 e. The quantitative estimate of drug-likeness (QED) is 0.579. The molecule has 2 aromatic rings. The van der Waals surface area contributed by atoms with E-state index in [4.69, 9.17) is 0 Å². The summed E-state index contributed by atoms with van der Waals surface area (Å²) in [7, 11) is 0. The molecule has 136 valence electrons. The minimum atomic E-state index is -0.130. The lowest BCUT2D eigenvalue weighted by molar-refractivity contribution is -0.132. The van der Waals surface area contributed by atoms with Crippen LogP contribution in [0.2, 0.25) is 0 Å². The van der Waals surface area contributed by atoms with E-state index in [1.807, 2.05) is 18.7 Å². The van der Waals surface area contributed by atoms with Crippen molar-refractivity contribution in [2.75, 3.05) is 13.1 Å². The van der Waals surface area contributed by atoms with Crippen LogP contribution in [-0.2, 0) is 4.79 Å². The Labute approximate surface area is 158 Å². The van der Waals surface area contributed by atoms with Crippen LogP contribution in [0.3, 0.4) is 0 Å². The van der Waals surface area contributed by atoms with E-state index in [1.54, 1.807) is 23.1 Å². The van der Waals surface area contributed by atoms with Crippen LogP contribution in [-0.4, -0.2) is 39.1 Å². The number of fused-ring (bicyclic) bond motifs is 1. The molecule has 1 amide bonds. The van der Waals surface area contributed by atoms with Crippen molar-refractivity contribution < 1.29 is 4.79 Å². The van der Waals surface area contributed by atoms with Crippen molar-refractivity contribution in [3.05, 3.63) is 16.3 Å². The molecule has 0 radical (unpaired) electrons. The monoisotopic (exact) mass is 377 g/mol. The molecule has 0 aliphatic carbocycles. The summed E-state index contributed by atoms with van der Waals surface area (Å²) < 4.78 is 0. The molecule has 1 aliphatic rings. The smallest absolute Gasteiger partial charge is 0.235 e. The molecule has 1 fully saturated rings. The summed E-state index contributed by atoms with van der Waals surface area (Å²) in [6.07, 6.45) is 1.21. The fourth-order valence-electron chi connectivity index (χ4n) is 3.72. The number of rotatable bonds is 3. The van der Waals surface area contributed by atoms with Gasteiger partial charge in [0.15, 0.2) is 0 Å². The first kappa shape index (κ1) is 18.6. The number of hydrogen-bond donors (Lipinski definition) is 0. The van der Waals surface area contributed by atoms with E-state index in [2.05, 4.69) is 37.7 Å². The molecule has 4 nitrogen and oxygen atoms in total. The van der Waals surface area contributed by atoms with Crippen molar-refractivity contribution in [1.82, 2.24) is 14.9 Å². The van der Waals surface area contributed by atoms with Gasteiger partial charge < -0.3 is 4.90 Å². The minimum absolute atomic E-state index is 0.130. The molecule has 0 aromatic carbocycles. The third kappa shape index (κ3) is 3.85. The zero-order valence-electron chi connectivity index (χ0n) is 15.9. The number of likely N-dealkylation sites (tertiary alicyclic amines) is 1. The molecule has 0 saturated carbocycles. The summed E-state index contributed by atoms with van der Waals surface area (Å²) in [6.45, 7) is 14.4. The summed E-state index contributed by atoms with van der Waals surface area (Å²) >= 11 is 3.29. The predicted octanol–water partition coefficient (Wildman–Crippen LogP) is 4.60. The van der Waals surface area contributed by atoms with Crippen molar-refractivity contribution >= 4 is 39.2 Å². The van der Waals surface area contributed by atoms with Gasteiger partial charge >= 0.3 is 0 Å². The maximum absolute atomic E-state index is 13.0. The maximum Gasteiger partial charge on any atom is 0.235 e. The topological polar surface area (TPSA) is 46.1 Å². The number of aryl methyl sites for hydroxylation is 3. The highest BCUT2D eigenvalue weighted by atomic mass is 32.2. The van der Waals surface area contributed by atoms with Gasteiger partial charge in [0.05, 0.1) is 5.25 Å². The molecule has 1 aliphatic heterocycles. The van der Waals surface area contributed by atoms with Gasteiger partial charge in [0.2, 0.25) is 5.91 Å². The molecule has 6 heteroatoms. The highest BCUT2D eigenvalue weighted by Gasteiger charge is 2.29. The van der Waals surface area contributed by atoms with E-state index >= 15 is 0 Å². The average Bonchev–Trinajstić information content (AvgIpc) is 2.79. The number of aromatic nitrogens is 2. The Morgan fingerprint density at radius 1 is 1.20 bits per heavy atom. The summed E-state index contributed by atoms with van der Waals surface area (Å²) in [5, 5.41) is 1.94. The molecule has 0 bridgehead atoms. The van der Waals surface area contributed by atoms with Gasteiger partial charge in [-0.3, -0.25) is 4.79 Å². The summed E-state index contributed by atoms with van der Waals surface area (Å²) in [6, 6.07) is 0. The van der Waals surface area contributed by atoms with Gasteiger partial charge in [-0.15, -0.1) is 11.3 Å². The van der Waals surface area contributed by atoms with Gasteiger partial charge in [-0.2, -0.15) is 0 Å². The molecule has 0 unspecified atom stereocenters. The van der Waals surface area contributed by atoms with Crippen LogP contribution in [0, 0.1) is 32.6 Å². The Hall–Kier alpha value is -1.14. The molecule has 0 N–H and O–H groups in total. The zero-order chi connectivity index (χ0) is 18.3. The Balaban J connectivity index is 1.84. The Kier molecular flexibility index (Phi) is 5.40. The van der Waals surface area contributed by atoms with Crippen LogP contribution < -0.4 is 0 Å². The molecule has 1 saturated heterocycles. The minimum Gasteiger partial charge on any atom is -0.341 e. The molecule has 3 atom stereocenters. The first-order valence-electron chi connectivity index (χ1n) is 8.96. The Morgan fingerprint density at radius 2 is 1.84 bits per heavy atom. The normalized spacial score (nSPS) is 22.4. The van der Waals surface area contributed by atoms with E-state index in [9.17, 15) is 4.79 Å². The van der Waals surface area contributed by atoms with Crippen molar-refractivity contribution in [3.8, 4) is 0 Å². The fraction of sp³-hybridized carbons (Fsp3) is 0.632. The zero-order valence-corrected chi connectivity index (χ0v) is 17.6. The number of carbonyl (C=O) groups excluding carboxylic acids is 1. The van der Waals surface area contributed by atoms with Crippen LogP contribution in [0.1, 0.15) is 43.5 Å². The number of amides is 1. The van der Waals surface area contributed by atoms with Crippen LogP contribution in [0.4, 0.5) is 0 Å². The van der Waals surface area contributed by atoms with E-state index in [0.29, 0.717) is 11.8 Å². The molecule has 3 heterocycles. The first-order chi connectivity index (χ1) is 11.8. The van der Waals surface area contributed by atoms with Gasteiger partial charge in [-0.25, -0.2) is 9.97 Å². The molecule has 3 rings (SSSR count). The van der Waals surface area contributed by atoms with Crippen LogP contribution in [0.25, 0.3) is 10.2 Å². The third-order valence-corrected chi connectivity index (χ3v) is 7.10. The Morgan fingerprint density at radius 3 is 2.48 bits per heavy atom. The van der Waals surface area contributed by atoms with Gasteiger partial charge in [-0.05, 0) is 51.5 Å². The molecule has 25 heavy (non-hydrogen) atoms.